The fourth-order valence-electron chi connectivity index (χ4n) is 0. The van der Waals surface area contributed by atoms with Crippen LogP contribution in [-0.4, -0.2) is 0 Å². The fourth-order valence-corrected chi connectivity index (χ4v) is 0. The van der Waals surface area contributed by atoms with Gasteiger partial charge in [0.2, 0.25) is 0 Å². The Bertz CT molecular complexity index is 8.00. The summed E-state index contributed by atoms with van der Waals surface area (Å²) in [4.78, 5) is 0. The van der Waals surface area contributed by atoms with Gasteiger partial charge in [-0.15, -0.1) is 0 Å². The van der Waals surface area contributed by atoms with E-state index in [4.69, 9.17) is 0 Å². The second kappa shape index (κ2) is 30.0. The second-order valence-electron chi connectivity index (χ2n) is 0. The smallest absolute Gasteiger partial charge is 0 e. The van der Waals surface area contributed by atoms with E-state index in [0.717, 1.165) is 0 Å². The van der Waals surface area contributed by atoms with Crippen molar-refractivity contribution in [2.45, 2.75) is 7.43 Å². The molecule has 0 aliphatic heterocycles. The first-order chi connectivity index (χ1) is 0. The van der Waals surface area contributed by atoms with Gasteiger partial charge in [-0.1, -0.05) is 7.43 Å². The first-order valence-electron chi connectivity index (χ1n) is 0. The summed E-state index contributed by atoms with van der Waals surface area (Å²) in [6, 6.07) is 0. The third-order valence-electron chi connectivity index (χ3n) is 0. The Hall–Kier alpha value is 1.19. The summed E-state index contributed by atoms with van der Waals surface area (Å²) in [7, 11) is 0. The van der Waals surface area contributed by atoms with Crippen LogP contribution in [0.25, 0.3) is 0 Å². The molecule has 0 heterocycles. The monoisotopic (exact) mass is 198 g/mol. The Morgan fingerprint density at radius 1 is 1.00 bits per heavy atom. The Morgan fingerprint density at radius 3 is 1.00 bits per heavy atom. The van der Waals surface area contributed by atoms with Crippen LogP contribution in [0.3, 0.4) is 0 Å². The summed E-state index contributed by atoms with van der Waals surface area (Å²) < 4.78 is 0. The Balaban J connectivity index is 0. The maximum Gasteiger partial charge on any atom is 0 e. The maximum absolute atomic E-state index is 0. The average molecular weight is 200 g/mol. The standard InChI is InChI=1S/CH4.Ag.H3N.Ni/h1H4;;1H3;. The molecular weight excluding hydrogens is 193 g/mol. The van der Waals surface area contributed by atoms with E-state index in [-0.39, 0.29) is 52.4 Å². The topological polar surface area (TPSA) is 35.0 Å². The molecule has 0 saturated heterocycles. The van der Waals surface area contributed by atoms with E-state index in [1.807, 2.05) is 0 Å². The van der Waals surface area contributed by atoms with Gasteiger partial charge in [-0.2, -0.15) is 0 Å². The van der Waals surface area contributed by atoms with Gasteiger partial charge in [0.15, 0.2) is 0 Å². The van der Waals surface area contributed by atoms with Crippen molar-refractivity contribution in [3.63, 3.8) is 0 Å². The van der Waals surface area contributed by atoms with E-state index in [9.17, 15) is 0 Å². The summed E-state index contributed by atoms with van der Waals surface area (Å²) in [5, 5.41) is 0. The molecule has 1 nitrogen and oxygen atoms in total. The number of hydrogen-bond acceptors (Lipinski definition) is 1. The van der Waals surface area contributed by atoms with Crippen molar-refractivity contribution < 1.29 is 38.9 Å². The van der Waals surface area contributed by atoms with Crippen molar-refractivity contribution in [1.29, 1.82) is 0 Å². The minimum atomic E-state index is 0. The number of rotatable bonds is 0. The molecule has 1 radical (unpaired) electrons. The van der Waals surface area contributed by atoms with Gasteiger partial charge >= 0.3 is 0 Å². The van der Waals surface area contributed by atoms with Crippen molar-refractivity contribution in [1.82, 2.24) is 6.15 Å². The first-order valence-corrected chi connectivity index (χ1v) is 0. The van der Waals surface area contributed by atoms with E-state index in [2.05, 4.69) is 0 Å². The van der Waals surface area contributed by atoms with Crippen LogP contribution in [0.1, 0.15) is 7.43 Å². The molecule has 3 heteroatoms. The summed E-state index contributed by atoms with van der Waals surface area (Å²) >= 11 is 0. The van der Waals surface area contributed by atoms with Crippen LogP contribution >= 0.6 is 0 Å². The molecule has 0 unspecified atom stereocenters. The summed E-state index contributed by atoms with van der Waals surface area (Å²) in [6.45, 7) is 0. The van der Waals surface area contributed by atoms with E-state index in [1.165, 1.54) is 0 Å². The largest absolute Gasteiger partial charge is 0.344 e. The minimum absolute atomic E-state index is 0. The van der Waals surface area contributed by atoms with Gasteiger partial charge in [0.1, 0.15) is 0 Å². The summed E-state index contributed by atoms with van der Waals surface area (Å²) in [5.41, 5.74) is 0. The van der Waals surface area contributed by atoms with Crippen LogP contribution in [0.15, 0.2) is 0 Å². The Morgan fingerprint density at radius 2 is 1.00 bits per heavy atom. The predicted octanol–water partition coefficient (Wildman–Crippen LogP) is 0.793. The quantitative estimate of drug-likeness (QED) is 0.576. The van der Waals surface area contributed by atoms with Gasteiger partial charge < -0.3 is 6.15 Å². The van der Waals surface area contributed by atoms with Gasteiger partial charge in [0.05, 0.1) is 0 Å². The summed E-state index contributed by atoms with van der Waals surface area (Å²) in [5.74, 6) is 0. The minimum Gasteiger partial charge on any atom is -0.344 e. The molecule has 0 atom stereocenters. The van der Waals surface area contributed by atoms with Gasteiger partial charge in [-0.05, 0) is 0 Å². The third-order valence-corrected chi connectivity index (χ3v) is 0. The molecule has 0 bridgehead atoms. The molecule has 4 heavy (non-hydrogen) atoms. The molecule has 0 aromatic heterocycles. The molecule has 0 aliphatic carbocycles. The predicted molar refractivity (Wildman–Crippen MR) is 11.8 cm³/mol. The molecule has 37 valence electrons. The second-order valence-corrected chi connectivity index (χ2v) is 0. The van der Waals surface area contributed by atoms with E-state index in [1.54, 1.807) is 0 Å². The molecule has 0 aliphatic rings. The van der Waals surface area contributed by atoms with Crippen LogP contribution in [-0.2, 0) is 38.9 Å². The zero-order valence-electron chi connectivity index (χ0n) is 1.32. The molecule has 0 fully saturated rings. The van der Waals surface area contributed by atoms with Crippen molar-refractivity contribution in [3.05, 3.63) is 0 Å². The van der Waals surface area contributed by atoms with Crippen LogP contribution in [0.5, 0.6) is 0 Å². The van der Waals surface area contributed by atoms with Crippen molar-refractivity contribution in [2.75, 3.05) is 0 Å². The van der Waals surface area contributed by atoms with Crippen LogP contribution in [0.4, 0.5) is 0 Å². The van der Waals surface area contributed by atoms with Crippen LogP contribution in [0, 0.1) is 0 Å². The van der Waals surface area contributed by atoms with Crippen molar-refractivity contribution in [2.24, 2.45) is 0 Å². The van der Waals surface area contributed by atoms with Crippen molar-refractivity contribution >= 4 is 0 Å². The van der Waals surface area contributed by atoms with Gasteiger partial charge in [-0.25, -0.2) is 0 Å². The third kappa shape index (κ3) is 10.8. The first kappa shape index (κ1) is 64.1. The zero-order chi connectivity index (χ0) is 0. The van der Waals surface area contributed by atoms with E-state index < -0.39 is 0 Å². The average Bonchev–Trinajstić information content (AvgIpc) is 0. The molecule has 0 aromatic rings. The molecule has 0 rings (SSSR count). The van der Waals surface area contributed by atoms with Crippen LogP contribution in [0.2, 0.25) is 0 Å². The molecule has 0 spiro atoms. The van der Waals surface area contributed by atoms with Crippen LogP contribution < -0.4 is 6.15 Å². The van der Waals surface area contributed by atoms with Gasteiger partial charge in [0, 0.05) is 38.9 Å². The van der Waals surface area contributed by atoms with Crippen molar-refractivity contribution in [3.8, 4) is 0 Å². The molecule has 0 aromatic carbocycles. The van der Waals surface area contributed by atoms with Gasteiger partial charge in [0.25, 0.3) is 0 Å². The Kier molecular flexibility index (Phi) is 481. The van der Waals surface area contributed by atoms with Gasteiger partial charge in [-0.3, -0.25) is 0 Å². The maximum atomic E-state index is 0. The molecular formula is CH7AgNNi. The fraction of sp³-hybridized carbons (Fsp3) is 1.00. The normalized spacial score (nSPS) is 0. The summed E-state index contributed by atoms with van der Waals surface area (Å²) in [6.07, 6.45) is 0. The Labute approximate surface area is 52.6 Å². The zero-order valence-corrected chi connectivity index (χ0v) is 3.79. The molecule has 0 saturated carbocycles. The number of hydrogen-bond donors (Lipinski definition) is 1. The van der Waals surface area contributed by atoms with E-state index >= 15 is 0 Å². The molecule has 0 amide bonds. The van der Waals surface area contributed by atoms with E-state index in [0.29, 0.717) is 0 Å². The molecule has 3 N–H and O–H groups in total. The SMILES string of the molecule is C.N.[Ag].[Ni].